The first kappa shape index (κ1) is 12.4. The fourth-order valence-electron chi connectivity index (χ4n) is 1.32. The Morgan fingerprint density at radius 2 is 1.89 bits per heavy atom. The van der Waals surface area contributed by atoms with Gasteiger partial charge in [0.1, 0.15) is 5.82 Å². The van der Waals surface area contributed by atoms with Gasteiger partial charge in [-0.1, -0.05) is 6.07 Å². The fraction of sp³-hybridized carbons (Fsp3) is 0. The average molecular weight is 270 g/mol. The summed E-state index contributed by atoms with van der Waals surface area (Å²) in [5.74, 6) is -1.57. The highest BCUT2D eigenvalue weighted by atomic mass is 32.2. The van der Waals surface area contributed by atoms with Crippen LogP contribution < -0.4 is 4.72 Å². The van der Waals surface area contributed by atoms with Crippen molar-refractivity contribution in [2.75, 3.05) is 4.72 Å². The van der Waals surface area contributed by atoms with E-state index in [9.17, 15) is 17.2 Å². The Morgan fingerprint density at radius 1 is 1.11 bits per heavy atom. The molecular weight excluding hydrogens is 262 g/mol. The highest BCUT2D eigenvalue weighted by molar-refractivity contribution is 7.92. The summed E-state index contributed by atoms with van der Waals surface area (Å²) >= 11 is 0. The van der Waals surface area contributed by atoms with Gasteiger partial charge < -0.3 is 0 Å². The Balaban J connectivity index is 2.37. The van der Waals surface area contributed by atoms with Crippen LogP contribution in [0.4, 0.5) is 14.5 Å². The summed E-state index contributed by atoms with van der Waals surface area (Å²) in [4.78, 5) is 3.45. The van der Waals surface area contributed by atoms with E-state index in [1.807, 2.05) is 4.72 Å². The minimum atomic E-state index is -4.16. The minimum absolute atomic E-state index is 0.0000491. The van der Waals surface area contributed by atoms with Crippen LogP contribution >= 0.6 is 0 Å². The topological polar surface area (TPSA) is 59.1 Å². The molecule has 2 aromatic rings. The van der Waals surface area contributed by atoms with Crippen molar-refractivity contribution in [3.8, 4) is 0 Å². The molecule has 18 heavy (non-hydrogen) atoms. The lowest BCUT2D eigenvalue weighted by atomic mass is 10.3. The molecule has 4 nitrogen and oxygen atoms in total. The van der Waals surface area contributed by atoms with Crippen LogP contribution in [-0.4, -0.2) is 13.4 Å². The molecule has 0 saturated carbocycles. The molecule has 0 aliphatic rings. The highest BCUT2D eigenvalue weighted by Crippen LogP contribution is 2.17. The second-order valence-corrected chi connectivity index (χ2v) is 5.00. The molecule has 0 saturated heterocycles. The Kier molecular flexibility index (Phi) is 3.24. The third-order valence-electron chi connectivity index (χ3n) is 2.06. The monoisotopic (exact) mass is 270 g/mol. The summed E-state index contributed by atoms with van der Waals surface area (Å²) in [7, 11) is -4.16. The molecule has 1 N–H and O–H groups in total. The molecule has 2 rings (SSSR count). The number of halogens is 2. The van der Waals surface area contributed by atoms with Gasteiger partial charge in [0.2, 0.25) is 5.03 Å². The first-order valence-electron chi connectivity index (χ1n) is 4.88. The van der Waals surface area contributed by atoms with Gasteiger partial charge in [0.05, 0.1) is 5.69 Å². The zero-order valence-corrected chi connectivity index (χ0v) is 9.79. The van der Waals surface area contributed by atoms with Crippen molar-refractivity contribution in [3.05, 3.63) is 54.2 Å². The van der Waals surface area contributed by atoms with E-state index in [2.05, 4.69) is 4.98 Å². The molecule has 0 atom stereocenters. The van der Waals surface area contributed by atoms with Crippen molar-refractivity contribution in [3.63, 3.8) is 0 Å². The maximum atomic E-state index is 13.3. The summed E-state index contributed by atoms with van der Waals surface area (Å²) in [6.07, 6.45) is 1.16. The molecule has 0 aliphatic heterocycles. The third kappa shape index (κ3) is 2.62. The predicted molar refractivity (Wildman–Crippen MR) is 61.4 cm³/mol. The van der Waals surface area contributed by atoms with Crippen LogP contribution in [0.1, 0.15) is 0 Å². The van der Waals surface area contributed by atoms with E-state index in [1.54, 1.807) is 0 Å². The molecule has 1 heterocycles. The van der Waals surface area contributed by atoms with Gasteiger partial charge in [-0.3, -0.25) is 4.72 Å². The molecule has 0 spiro atoms. The van der Waals surface area contributed by atoms with Crippen LogP contribution in [0.5, 0.6) is 0 Å². The average Bonchev–Trinajstić information content (AvgIpc) is 2.28. The van der Waals surface area contributed by atoms with Crippen molar-refractivity contribution in [2.45, 2.75) is 5.03 Å². The summed E-state index contributed by atoms with van der Waals surface area (Å²) in [6, 6.07) is 7.09. The standard InChI is InChI=1S/C11H8F2N2O2S/c12-8-3-1-4-9(7-8)15-18(16,17)11-10(13)5-2-6-14-11/h1-7,15H. The number of rotatable bonds is 3. The van der Waals surface area contributed by atoms with E-state index >= 15 is 0 Å². The fourth-order valence-corrected chi connectivity index (χ4v) is 2.38. The van der Waals surface area contributed by atoms with Gasteiger partial charge in [0.15, 0.2) is 5.82 Å². The molecule has 0 amide bonds. The quantitative estimate of drug-likeness (QED) is 0.929. The number of pyridine rings is 1. The van der Waals surface area contributed by atoms with E-state index in [4.69, 9.17) is 0 Å². The minimum Gasteiger partial charge on any atom is -0.278 e. The second-order valence-electron chi connectivity index (χ2n) is 3.41. The Bertz CT molecular complexity index is 674. The molecule has 94 valence electrons. The normalized spacial score (nSPS) is 11.2. The molecule has 0 fully saturated rings. The van der Waals surface area contributed by atoms with Crippen molar-refractivity contribution in [1.82, 2.24) is 4.98 Å². The Hall–Kier alpha value is -2.02. The summed E-state index contributed by atoms with van der Waals surface area (Å²) in [6.45, 7) is 0. The van der Waals surface area contributed by atoms with Crippen LogP contribution in [0.15, 0.2) is 47.6 Å². The van der Waals surface area contributed by atoms with E-state index in [0.29, 0.717) is 0 Å². The Labute approximate surface area is 102 Å². The van der Waals surface area contributed by atoms with Crippen LogP contribution in [0.3, 0.4) is 0 Å². The highest BCUT2D eigenvalue weighted by Gasteiger charge is 2.20. The number of nitrogens with zero attached hydrogens (tertiary/aromatic N) is 1. The molecule has 0 bridgehead atoms. The van der Waals surface area contributed by atoms with Crippen LogP contribution in [0.2, 0.25) is 0 Å². The summed E-state index contributed by atoms with van der Waals surface area (Å²) in [5.41, 5.74) is 0.0000491. The molecule has 7 heteroatoms. The summed E-state index contributed by atoms with van der Waals surface area (Å²) in [5, 5.41) is -0.728. The largest absolute Gasteiger partial charge is 0.282 e. The SMILES string of the molecule is O=S(=O)(Nc1cccc(F)c1)c1ncccc1F. The zero-order chi connectivity index (χ0) is 13.2. The maximum Gasteiger partial charge on any atom is 0.282 e. The van der Waals surface area contributed by atoms with Crippen molar-refractivity contribution < 1.29 is 17.2 Å². The van der Waals surface area contributed by atoms with Gasteiger partial charge in [-0.15, -0.1) is 0 Å². The van der Waals surface area contributed by atoms with Crippen molar-refractivity contribution >= 4 is 15.7 Å². The number of aromatic nitrogens is 1. The zero-order valence-electron chi connectivity index (χ0n) is 8.97. The van der Waals surface area contributed by atoms with Gasteiger partial charge in [-0.25, -0.2) is 13.8 Å². The number of sulfonamides is 1. The molecule has 0 aliphatic carbocycles. The predicted octanol–water partition coefficient (Wildman–Crippen LogP) is 2.16. The van der Waals surface area contributed by atoms with Crippen molar-refractivity contribution in [1.29, 1.82) is 0 Å². The van der Waals surface area contributed by atoms with Crippen LogP contribution in [0.25, 0.3) is 0 Å². The first-order chi connectivity index (χ1) is 8.49. The number of nitrogens with one attached hydrogen (secondary N) is 1. The molecule has 1 aromatic heterocycles. The molecule has 0 radical (unpaired) electrons. The lowest BCUT2D eigenvalue weighted by Crippen LogP contribution is -2.16. The van der Waals surface area contributed by atoms with E-state index in [1.165, 1.54) is 24.3 Å². The third-order valence-corrected chi connectivity index (χ3v) is 3.37. The molecule has 0 unspecified atom stereocenters. The van der Waals surface area contributed by atoms with E-state index < -0.39 is 26.7 Å². The van der Waals surface area contributed by atoms with Crippen LogP contribution in [0, 0.1) is 11.6 Å². The Morgan fingerprint density at radius 3 is 2.56 bits per heavy atom. The number of anilines is 1. The van der Waals surface area contributed by atoms with Crippen molar-refractivity contribution in [2.24, 2.45) is 0 Å². The van der Waals surface area contributed by atoms with Crippen LogP contribution in [-0.2, 0) is 10.0 Å². The first-order valence-corrected chi connectivity index (χ1v) is 6.36. The number of hydrogen-bond donors (Lipinski definition) is 1. The van der Waals surface area contributed by atoms with E-state index in [0.717, 1.165) is 18.3 Å². The van der Waals surface area contributed by atoms with Gasteiger partial charge in [-0.05, 0) is 30.3 Å². The van der Waals surface area contributed by atoms with Gasteiger partial charge in [0.25, 0.3) is 10.0 Å². The number of hydrogen-bond acceptors (Lipinski definition) is 3. The maximum absolute atomic E-state index is 13.3. The second kappa shape index (κ2) is 4.69. The molecule has 1 aromatic carbocycles. The summed E-state index contributed by atoms with van der Waals surface area (Å²) < 4.78 is 51.9. The smallest absolute Gasteiger partial charge is 0.278 e. The number of benzene rings is 1. The lowest BCUT2D eigenvalue weighted by molar-refractivity contribution is 0.557. The van der Waals surface area contributed by atoms with Gasteiger partial charge in [0, 0.05) is 6.20 Å². The molecular formula is C11H8F2N2O2S. The van der Waals surface area contributed by atoms with Gasteiger partial charge in [-0.2, -0.15) is 8.42 Å². The van der Waals surface area contributed by atoms with E-state index in [-0.39, 0.29) is 5.69 Å². The van der Waals surface area contributed by atoms with Gasteiger partial charge >= 0.3 is 0 Å². The lowest BCUT2D eigenvalue weighted by Gasteiger charge is -2.07.